The number of hydrogen-bond acceptors (Lipinski definition) is 3. The van der Waals surface area contributed by atoms with Crippen molar-refractivity contribution in [1.82, 2.24) is 15.0 Å². The van der Waals surface area contributed by atoms with Gasteiger partial charge in [-0.05, 0) is 12.8 Å². The molecule has 1 aliphatic carbocycles. The van der Waals surface area contributed by atoms with E-state index in [1.807, 2.05) is 10.9 Å². The van der Waals surface area contributed by atoms with Gasteiger partial charge in [-0.3, -0.25) is 4.79 Å². The minimum atomic E-state index is -1.40. The molecular weight excluding hydrogens is 222 g/mol. The van der Waals surface area contributed by atoms with E-state index < -0.39 is 14.0 Å². The summed E-state index contributed by atoms with van der Waals surface area (Å²) in [6.07, 6.45) is 3.36. The Kier molecular flexibility index (Phi) is 2.61. The smallest absolute Gasteiger partial charge is 0.306 e. The zero-order valence-electron chi connectivity index (χ0n) is 9.84. The van der Waals surface area contributed by atoms with Gasteiger partial charge in [0.1, 0.15) is 8.07 Å². The molecule has 0 aliphatic heterocycles. The van der Waals surface area contributed by atoms with Crippen molar-refractivity contribution in [1.29, 1.82) is 0 Å². The van der Waals surface area contributed by atoms with E-state index in [-0.39, 0.29) is 12.0 Å². The highest BCUT2D eigenvalue weighted by atomic mass is 28.3. The molecule has 1 aromatic heterocycles. The van der Waals surface area contributed by atoms with Crippen LogP contribution in [0.1, 0.15) is 18.9 Å². The van der Waals surface area contributed by atoms with E-state index in [4.69, 9.17) is 5.11 Å². The Labute approximate surface area is 95.5 Å². The zero-order chi connectivity index (χ0) is 11.9. The van der Waals surface area contributed by atoms with E-state index in [1.54, 1.807) is 0 Å². The molecule has 16 heavy (non-hydrogen) atoms. The van der Waals surface area contributed by atoms with Gasteiger partial charge < -0.3 is 5.11 Å². The number of carboxylic acid groups (broad SMARTS) is 1. The summed E-state index contributed by atoms with van der Waals surface area (Å²) in [6, 6.07) is 0.235. The van der Waals surface area contributed by atoms with Crippen LogP contribution < -0.4 is 5.32 Å². The van der Waals surface area contributed by atoms with Crippen LogP contribution in [0.2, 0.25) is 19.6 Å². The molecular formula is C10H17N3O2Si. The lowest BCUT2D eigenvalue weighted by Crippen LogP contribution is -2.39. The minimum absolute atomic E-state index is 0.190. The van der Waals surface area contributed by atoms with Crippen LogP contribution in [0.25, 0.3) is 0 Å². The molecule has 1 N–H and O–H groups in total. The summed E-state index contributed by atoms with van der Waals surface area (Å²) in [6.45, 7) is 6.67. The van der Waals surface area contributed by atoms with Crippen molar-refractivity contribution in [2.75, 3.05) is 0 Å². The highest BCUT2D eigenvalue weighted by Crippen LogP contribution is 2.36. The standard InChI is InChI=1S/C10H17N3O2Si/c1-16(2,3)9-6-13(12-11-9)8-4-7(5-8)10(14)15/h6-8H,4-5H2,1-3H3,(H,14,15). The lowest BCUT2D eigenvalue weighted by molar-refractivity contribution is -0.146. The Balaban J connectivity index is 2.03. The molecule has 6 heteroatoms. The second kappa shape index (κ2) is 3.69. The van der Waals surface area contributed by atoms with Crippen LogP contribution in [0.5, 0.6) is 0 Å². The van der Waals surface area contributed by atoms with Gasteiger partial charge in [0, 0.05) is 6.20 Å². The van der Waals surface area contributed by atoms with E-state index in [2.05, 4.69) is 30.0 Å². The average molecular weight is 239 g/mol. The summed E-state index contributed by atoms with van der Waals surface area (Å²) in [5, 5.41) is 18.2. The Morgan fingerprint density at radius 2 is 2.12 bits per heavy atom. The second-order valence-electron chi connectivity index (χ2n) is 5.49. The molecule has 0 aromatic carbocycles. The quantitative estimate of drug-likeness (QED) is 0.794. The van der Waals surface area contributed by atoms with E-state index in [0.29, 0.717) is 12.8 Å². The van der Waals surface area contributed by atoms with E-state index >= 15 is 0 Å². The third-order valence-electron chi connectivity index (χ3n) is 3.12. The number of aliphatic carboxylic acids is 1. The topological polar surface area (TPSA) is 68.0 Å². The molecule has 88 valence electrons. The zero-order valence-corrected chi connectivity index (χ0v) is 10.8. The van der Waals surface area contributed by atoms with Crippen LogP contribution in [0.4, 0.5) is 0 Å². The third kappa shape index (κ3) is 2.02. The number of aromatic nitrogens is 3. The van der Waals surface area contributed by atoms with Gasteiger partial charge in [-0.15, -0.1) is 5.10 Å². The molecule has 1 aliphatic rings. The fourth-order valence-corrected chi connectivity index (χ4v) is 2.67. The molecule has 0 saturated heterocycles. The third-order valence-corrected chi connectivity index (χ3v) is 4.88. The minimum Gasteiger partial charge on any atom is -0.481 e. The molecule has 0 spiro atoms. The number of nitrogens with zero attached hydrogens (tertiary/aromatic N) is 3. The van der Waals surface area contributed by atoms with Crippen molar-refractivity contribution < 1.29 is 9.90 Å². The summed E-state index contributed by atoms with van der Waals surface area (Å²) < 4.78 is 1.84. The maximum absolute atomic E-state index is 10.7. The van der Waals surface area contributed by atoms with E-state index in [9.17, 15) is 4.79 Å². The van der Waals surface area contributed by atoms with E-state index in [1.165, 1.54) is 0 Å². The first-order valence-corrected chi connectivity index (χ1v) is 9.03. The van der Waals surface area contributed by atoms with Crippen LogP contribution in [-0.4, -0.2) is 34.1 Å². The lowest BCUT2D eigenvalue weighted by atomic mass is 9.80. The van der Waals surface area contributed by atoms with Gasteiger partial charge in [-0.25, -0.2) is 4.68 Å². The summed E-state index contributed by atoms with van der Waals surface area (Å²) in [7, 11) is -1.40. The fourth-order valence-electron chi connectivity index (χ4n) is 1.80. The Morgan fingerprint density at radius 3 is 2.56 bits per heavy atom. The molecule has 0 amide bonds. The average Bonchev–Trinajstić information content (AvgIpc) is 2.47. The molecule has 0 atom stereocenters. The molecule has 1 saturated carbocycles. The predicted molar refractivity (Wildman–Crippen MR) is 62.4 cm³/mol. The van der Waals surface area contributed by atoms with Crippen LogP contribution in [0.15, 0.2) is 6.20 Å². The number of carboxylic acids is 1. The maximum atomic E-state index is 10.7. The molecule has 5 nitrogen and oxygen atoms in total. The van der Waals surface area contributed by atoms with Gasteiger partial charge in [0.2, 0.25) is 0 Å². The van der Waals surface area contributed by atoms with Crippen LogP contribution in [-0.2, 0) is 4.79 Å². The van der Waals surface area contributed by atoms with Gasteiger partial charge in [-0.1, -0.05) is 24.9 Å². The van der Waals surface area contributed by atoms with Gasteiger partial charge in [-0.2, -0.15) is 0 Å². The highest BCUT2D eigenvalue weighted by molar-refractivity contribution is 6.88. The number of carbonyl (C=O) groups is 1. The largest absolute Gasteiger partial charge is 0.481 e. The number of hydrogen-bond donors (Lipinski definition) is 1. The molecule has 1 heterocycles. The monoisotopic (exact) mass is 239 g/mol. The summed E-state index contributed by atoms with van der Waals surface area (Å²) in [5.74, 6) is -0.883. The first kappa shape index (κ1) is 11.3. The molecule has 1 aromatic rings. The van der Waals surface area contributed by atoms with Crippen molar-refractivity contribution in [3.8, 4) is 0 Å². The Bertz CT molecular complexity index is 404. The highest BCUT2D eigenvalue weighted by Gasteiger charge is 2.36. The molecule has 0 bridgehead atoms. The van der Waals surface area contributed by atoms with Crippen molar-refractivity contribution in [3.05, 3.63) is 6.20 Å². The fraction of sp³-hybridized carbons (Fsp3) is 0.700. The summed E-state index contributed by atoms with van der Waals surface area (Å²) in [5.41, 5.74) is 0. The van der Waals surface area contributed by atoms with Gasteiger partial charge in [0.15, 0.2) is 0 Å². The predicted octanol–water partition coefficient (Wildman–Crippen LogP) is 0.859. The Morgan fingerprint density at radius 1 is 1.50 bits per heavy atom. The first-order chi connectivity index (χ1) is 7.38. The van der Waals surface area contributed by atoms with Crippen LogP contribution in [0.3, 0.4) is 0 Å². The molecule has 0 radical (unpaired) electrons. The van der Waals surface area contributed by atoms with Gasteiger partial charge in [0.05, 0.1) is 17.3 Å². The molecule has 0 unspecified atom stereocenters. The van der Waals surface area contributed by atoms with Gasteiger partial charge >= 0.3 is 5.97 Å². The summed E-state index contributed by atoms with van der Waals surface area (Å²) >= 11 is 0. The molecule has 2 rings (SSSR count). The lowest BCUT2D eigenvalue weighted by Gasteiger charge is -2.31. The number of rotatable bonds is 3. The SMILES string of the molecule is C[Si](C)(C)c1cn(C2CC(C(=O)O)C2)nn1. The van der Waals surface area contributed by atoms with Gasteiger partial charge in [0.25, 0.3) is 0 Å². The molecule has 1 fully saturated rings. The Hall–Kier alpha value is -1.17. The normalized spacial score (nSPS) is 25.2. The van der Waals surface area contributed by atoms with Crippen LogP contribution >= 0.6 is 0 Å². The van der Waals surface area contributed by atoms with E-state index in [0.717, 1.165) is 5.32 Å². The summed E-state index contributed by atoms with van der Waals surface area (Å²) in [4.78, 5) is 10.7. The van der Waals surface area contributed by atoms with Crippen molar-refractivity contribution in [2.45, 2.75) is 38.5 Å². The van der Waals surface area contributed by atoms with Crippen LogP contribution in [0, 0.1) is 5.92 Å². The first-order valence-electron chi connectivity index (χ1n) is 5.53. The van der Waals surface area contributed by atoms with Crippen molar-refractivity contribution in [3.63, 3.8) is 0 Å². The van der Waals surface area contributed by atoms with Crippen molar-refractivity contribution >= 4 is 19.4 Å². The second-order valence-corrected chi connectivity index (χ2v) is 10.5. The maximum Gasteiger partial charge on any atom is 0.306 e. The van der Waals surface area contributed by atoms with Crippen molar-refractivity contribution in [2.24, 2.45) is 5.92 Å².